The lowest BCUT2D eigenvalue weighted by Gasteiger charge is -2.37. The number of nitrogens with one attached hydrogen (secondary N) is 1. The lowest BCUT2D eigenvalue weighted by molar-refractivity contribution is -0.133. The third kappa shape index (κ3) is 3.55. The molecule has 4 rings (SSSR count). The van der Waals surface area contributed by atoms with Gasteiger partial charge in [-0.15, -0.1) is 0 Å². The Hall–Kier alpha value is -1.55. The highest BCUT2D eigenvalue weighted by atomic mass is 16.5. The summed E-state index contributed by atoms with van der Waals surface area (Å²) in [6, 6.07) is 9.98. The van der Waals surface area contributed by atoms with Crippen LogP contribution in [-0.2, 0) is 4.79 Å². The molecule has 1 aliphatic heterocycles. The lowest BCUT2D eigenvalue weighted by atomic mass is 9.93. The second-order valence-corrected chi connectivity index (χ2v) is 8.22. The highest BCUT2D eigenvalue weighted by molar-refractivity contribution is 5.86. The van der Waals surface area contributed by atoms with Crippen molar-refractivity contribution in [3.63, 3.8) is 0 Å². The molecule has 3 aliphatic rings. The molecule has 3 fully saturated rings. The van der Waals surface area contributed by atoms with Crippen LogP contribution in [0.15, 0.2) is 30.3 Å². The number of likely N-dealkylation sites (tertiary alicyclic amines) is 1. The normalized spacial score (nSPS) is 24.2. The van der Waals surface area contributed by atoms with Crippen molar-refractivity contribution < 1.29 is 9.53 Å². The van der Waals surface area contributed by atoms with E-state index in [1.807, 2.05) is 30.3 Å². The van der Waals surface area contributed by atoms with Gasteiger partial charge in [0, 0.05) is 12.0 Å². The van der Waals surface area contributed by atoms with Gasteiger partial charge in [0.1, 0.15) is 11.3 Å². The van der Waals surface area contributed by atoms with Gasteiger partial charge in [-0.2, -0.15) is 0 Å². The Labute approximate surface area is 150 Å². The number of amides is 1. The maximum Gasteiger partial charge on any atom is 0.240 e. The monoisotopic (exact) mass is 342 g/mol. The van der Waals surface area contributed by atoms with E-state index in [1.165, 1.54) is 25.7 Å². The maximum absolute atomic E-state index is 13.1. The van der Waals surface area contributed by atoms with E-state index in [0.29, 0.717) is 6.61 Å². The average molecular weight is 342 g/mol. The third-order valence-electron chi connectivity index (χ3n) is 6.43. The molecule has 1 aromatic rings. The molecule has 0 spiro atoms. The zero-order chi connectivity index (χ0) is 17.2. The summed E-state index contributed by atoms with van der Waals surface area (Å²) in [5.41, 5.74) is -0.0663. The second-order valence-electron chi connectivity index (χ2n) is 8.22. The molecule has 0 bridgehead atoms. The van der Waals surface area contributed by atoms with Crippen molar-refractivity contribution >= 4 is 5.91 Å². The van der Waals surface area contributed by atoms with E-state index in [0.717, 1.165) is 51.1 Å². The van der Waals surface area contributed by atoms with Crippen LogP contribution < -0.4 is 10.1 Å². The lowest BCUT2D eigenvalue weighted by Crippen LogP contribution is -2.57. The standard InChI is InChI=1S/C21H30N2O2/c24-19(21(10-4-5-11-21)23-14-6-7-15-23)22-16-20(12-13-20)17-25-18-8-2-1-3-9-18/h1-3,8-9H,4-7,10-17H2,(H,22,24). The van der Waals surface area contributed by atoms with Gasteiger partial charge in [-0.1, -0.05) is 31.0 Å². The van der Waals surface area contributed by atoms with Gasteiger partial charge in [-0.25, -0.2) is 0 Å². The number of hydrogen-bond acceptors (Lipinski definition) is 3. The molecule has 2 aliphatic carbocycles. The first kappa shape index (κ1) is 16.9. The summed E-state index contributed by atoms with van der Waals surface area (Å²) in [6.45, 7) is 3.65. The largest absolute Gasteiger partial charge is 0.493 e. The molecule has 0 atom stereocenters. The van der Waals surface area contributed by atoms with Crippen LogP contribution >= 0.6 is 0 Å². The highest BCUT2D eigenvalue weighted by Crippen LogP contribution is 2.46. The summed E-state index contributed by atoms with van der Waals surface area (Å²) in [4.78, 5) is 15.6. The summed E-state index contributed by atoms with van der Waals surface area (Å²) in [5, 5.41) is 3.32. The van der Waals surface area contributed by atoms with Crippen LogP contribution in [0, 0.1) is 5.41 Å². The van der Waals surface area contributed by atoms with E-state index >= 15 is 0 Å². The fourth-order valence-electron chi connectivity index (χ4n) is 4.53. The van der Waals surface area contributed by atoms with Crippen LogP contribution in [0.5, 0.6) is 5.75 Å². The number of ether oxygens (including phenoxy) is 1. The SMILES string of the molecule is O=C(NCC1(COc2ccccc2)CC1)C1(N2CCCC2)CCCC1. The van der Waals surface area contributed by atoms with Crippen LogP contribution in [0.2, 0.25) is 0 Å². The van der Waals surface area contributed by atoms with Gasteiger partial charge in [-0.05, 0) is 63.7 Å². The Morgan fingerprint density at radius 2 is 1.68 bits per heavy atom. The van der Waals surface area contributed by atoms with E-state index in [4.69, 9.17) is 4.74 Å². The van der Waals surface area contributed by atoms with Crippen LogP contribution in [0.1, 0.15) is 51.4 Å². The number of hydrogen-bond donors (Lipinski definition) is 1. The Morgan fingerprint density at radius 1 is 1.00 bits per heavy atom. The summed E-state index contributed by atoms with van der Waals surface area (Å²) in [6.07, 6.45) is 9.22. The van der Waals surface area contributed by atoms with Crippen molar-refractivity contribution in [2.24, 2.45) is 5.41 Å². The molecular formula is C21H30N2O2. The van der Waals surface area contributed by atoms with Crippen LogP contribution in [-0.4, -0.2) is 42.6 Å². The first-order valence-electron chi connectivity index (χ1n) is 9.94. The molecule has 1 heterocycles. The van der Waals surface area contributed by atoms with Gasteiger partial charge in [0.05, 0.1) is 6.61 Å². The second kappa shape index (κ2) is 6.99. The topological polar surface area (TPSA) is 41.6 Å². The fraction of sp³-hybridized carbons (Fsp3) is 0.667. The Kier molecular flexibility index (Phi) is 4.72. The van der Waals surface area contributed by atoms with Crippen molar-refractivity contribution in [3.05, 3.63) is 30.3 Å². The van der Waals surface area contributed by atoms with Crippen molar-refractivity contribution in [1.29, 1.82) is 0 Å². The van der Waals surface area contributed by atoms with E-state index in [2.05, 4.69) is 10.2 Å². The predicted molar refractivity (Wildman–Crippen MR) is 98.6 cm³/mol. The van der Waals surface area contributed by atoms with Crippen LogP contribution in [0.4, 0.5) is 0 Å². The maximum atomic E-state index is 13.1. The van der Waals surface area contributed by atoms with Crippen molar-refractivity contribution in [2.75, 3.05) is 26.2 Å². The van der Waals surface area contributed by atoms with E-state index in [9.17, 15) is 4.79 Å². The average Bonchev–Trinajstić information content (AvgIpc) is 3.07. The number of carbonyl (C=O) groups excluding carboxylic acids is 1. The summed E-state index contributed by atoms with van der Waals surface area (Å²) in [7, 11) is 0. The van der Waals surface area contributed by atoms with Gasteiger partial charge in [0.15, 0.2) is 0 Å². The number of rotatable bonds is 7. The van der Waals surface area contributed by atoms with Crippen molar-refractivity contribution in [2.45, 2.75) is 56.9 Å². The molecule has 0 unspecified atom stereocenters. The minimum Gasteiger partial charge on any atom is -0.493 e. The van der Waals surface area contributed by atoms with Crippen LogP contribution in [0.3, 0.4) is 0 Å². The summed E-state index contributed by atoms with van der Waals surface area (Å²) >= 11 is 0. The molecule has 0 radical (unpaired) electrons. The van der Waals surface area contributed by atoms with Crippen molar-refractivity contribution in [1.82, 2.24) is 10.2 Å². The molecule has 25 heavy (non-hydrogen) atoms. The molecule has 0 aromatic heterocycles. The van der Waals surface area contributed by atoms with E-state index in [-0.39, 0.29) is 16.9 Å². The summed E-state index contributed by atoms with van der Waals surface area (Å²) in [5.74, 6) is 1.20. The first-order valence-corrected chi connectivity index (χ1v) is 9.94. The Bertz CT molecular complexity index is 585. The number of para-hydroxylation sites is 1. The molecule has 4 heteroatoms. The van der Waals surface area contributed by atoms with E-state index < -0.39 is 0 Å². The zero-order valence-electron chi connectivity index (χ0n) is 15.1. The quantitative estimate of drug-likeness (QED) is 0.826. The molecular weight excluding hydrogens is 312 g/mol. The Balaban J connectivity index is 1.33. The van der Waals surface area contributed by atoms with Gasteiger partial charge in [0.25, 0.3) is 0 Å². The number of nitrogens with zero attached hydrogens (tertiary/aromatic N) is 1. The number of benzene rings is 1. The van der Waals surface area contributed by atoms with Gasteiger partial charge < -0.3 is 10.1 Å². The third-order valence-corrected chi connectivity index (χ3v) is 6.43. The smallest absolute Gasteiger partial charge is 0.240 e. The molecule has 4 nitrogen and oxygen atoms in total. The number of carbonyl (C=O) groups is 1. The summed E-state index contributed by atoms with van der Waals surface area (Å²) < 4.78 is 5.95. The molecule has 1 saturated heterocycles. The zero-order valence-corrected chi connectivity index (χ0v) is 15.1. The fourth-order valence-corrected chi connectivity index (χ4v) is 4.53. The minimum atomic E-state index is -0.215. The van der Waals surface area contributed by atoms with Gasteiger partial charge >= 0.3 is 0 Å². The minimum absolute atomic E-state index is 0.149. The van der Waals surface area contributed by atoms with Gasteiger partial charge in [-0.3, -0.25) is 9.69 Å². The first-order chi connectivity index (χ1) is 12.2. The molecule has 1 amide bonds. The highest BCUT2D eigenvalue weighted by Gasteiger charge is 2.49. The molecule has 1 aromatic carbocycles. The predicted octanol–water partition coefficient (Wildman–Crippen LogP) is 3.37. The molecule has 1 N–H and O–H groups in total. The Morgan fingerprint density at radius 3 is 2.32 bits per heavy atom. The molecule has 2 saturated carbocycles. The van der Waals surface area contributed by atoms with Crippen LogP contribution in [0.25, 0.3) is 0 Å². The molecule has 136 valence electrons. The van der Waals surface area contributed by atoms with Gasteiger partial charge in [0.2, 0.25) is 5.91 Å². The van der Waals surface area contributed by atoms with Crippen molar-refractivity contribution in [3.8, 4) is 5.75 Å². The van der Waals surface area contributed by atoms with E-state index in [1.54, 1.807) is 0 Å².